The molecule has 1 heterocycles. The fourth-order valence-electron chi connectivity index (χ4n) is 2.81. The van der Waals surface area contributed by atoms with E-state index in [2.05, 4.69) is 10.4 Å². The van der Waals surface area contributed by atoms with Gasteiger partial charge in [0, 0.05) is 12.5 Å². The fraction of sp³-hybridized carbons (Fsp3) is 0.421. The van der Waals surface area contributed by atoms with Crippen LogP contribution in [0.15, 0.2) is 41.2 Å². The number of nitrogens with one attached hydrogen (secondary N) is 1. The number of hydrogen-bond acceptors (Lipinski definition) is 3. The Morgan fingerprint density at radius 3 is 2.56 bits per heavy atom. The van der Waals surface area contributed by atoms with Crippen LogP contribution in [-0.4, -0.2) is 22.2 Å². The molecule has 144 valence electrons. The quantitative estimate of drug-likeness (QED) is 0.753. The number of carbonyl (C=O) groups excluding carboxylic acids is 1. The first-order chi connectivity index (χ1) is 12.8. The van der Waals surface area contributed by atoms with Gasteiger partial charge < -0.3 is 5.32 Å². The molecular formula is C19H20F3N3O2. The Bertz CT molecular complexity index is 859. The van der Waals surface area contributed by atoms with Crippen molar-refractivity contribution in [1.82, 2.24) is 15.1 Å². The summed E-state index contributed by atoms with van der Waals surface area (Å²) in [5, 5.41) is 6.60. The molecule has 0 bridgehead atoms. The highest BCUT2D eigenvalue weighted by Gasteiger charge is 2.37. The van der Waals surface area contributed by atoms with Gasteiger partial charge in [0.2, 0.25) is 5.91 Å². The van der Waals surface area contributed by atoms with Crippen LogP contribution in [0.25, 0.3) is 0 Å². The van der Waals surface area contributed by atoms with E-state index in [0.717, 1.165) is 30.9 Å². The summed E-state index contributed by atoms with van der Waals surface area (Å²) in [6.07, 6.45) is -1.82. The molecular weight excluding hydrogens is 359 g/mol. The van der Waals surface area contributed by atoms with Crippen molar-refractivity contribution in [2.75, 3.05) is 6.54 Å². The third-order valence-electron chi connectivity index (χ3n) is 4.39. The van der Waals surface area contributed by atoms with Gasteiger partial charge in [-0.3, -0.25) is 9.59 Å². The van der Waals surface area contributed by atoms with Crippen molar-refractivity contribution in [3.05, 3.63) is 63.6 Å². The summed E-state index contributed by atoms with van der Waals surface area (Å²) in [5.74, 6) is -0.592. The summed E-state index contributed by atoms with van der Waals surface area (Å²) in [5.41, 5.74) is -1.20. The molecule has 1 aromatic heterocycles. The molecule has 0 atom stereocenters. The van der Waals surface area contributed by atoms with E-state index in [1.807, 2.05) is 30.3 Å². The lowest BCUT2D eigenvalue weighted by Gasteiger charge is -2.12. The number of carbonyl (C=O) groups is 1. The average Bonchev–Trinajstić information content (AvgIpc) is 3.45. The molecule has 0 saturated heterocycles. The zero-order chi connectivity index (χ0) is 19.4. The van der Waals surface area contributed by atoms with Crippen LogP contribution in [0, 0.1) is 0 Å². The molecule has 0 spiro atoms. The van der Waals surface area contributed by atoms with Crippen LogP contribution in [0.1, 0.15) is 42.0 Å². The van der Waals surface area contributed by atoms with Gasteiger partial charge in [0.25, 0.3) is 5.56 Å². The number of halogens is 3. The minimum Gasteiger partial charge on any atom is -0.354 e. The van der Waals surface area contributed by atoms with Crippen LogP contribution in [0.3, 0.4) is 0 Å². The van der Waals surface area contributed by atoms with Crippen LogP contribution in [0.5, 0.6) is 0 Å². The molecule has 1 saturated carbocycles. The molecule has 3 rings (SSSR count). The molecule has 1 N–H and O–H groups in total. The number of aryl methyl sites for hydroxylation is 1. The lowest BCUT2D eigenvalue weighted by Crippen LogP contribution is -2.37. The number of aromatic nitrogens is 2. The highest BCUT2D eigenvalue weighted by atomic mass is 19.4. The highest BCUT2D eigenvalue weighted by Crippen LogP contribution is 2.40. The normalized spacial score (nSPS) is 14.2. The van der Waals surface area contributed by atoms with E-state index in [1.165, 1.54) is 0 Å². The van der Waals surface area contributed by atoms with E-state index in [0.29, 0.717) is 17.6 Å². The number of rotatable bonds is 7. The van der Waals surface area contributed by atoms with Crippen molar-refractivity contribution >= 4 is 5.91 Å². The molecule has 0 aliphatic heterocycles. The lowest BCUT2D eigenvalue weighted by molar-refractivity contribution is -0.139. The van der Waals surface area contributed by atoms with Crippen LogP contribution >= 0.6 is 0 Å². The van der Waals surface area contributed by atoms with Gasteiger partial charge in [-0.25, -0.2) is 4.68 Å². The largest absolute Gasteiger partial charge is 0.421 e. The molecule has 1 fully saturated rings. The van der Waals surface area contributed by atoms with Gasteiger partial charge in [0.15, 0.2) is 0 Å². The zero-order valence-electron chi connectivity index (χ0n) is 14.6. The Hall–Kier alpha value is -2.64. The fourth-order valence-corrected chi connectivity index (χ4v) is 2.81. The second-order valence-electron chi connectivity index (χ2n) is 6.66. The van der Waals surface area contributed by atoms with Crippen molar-refractivity contribution < 1.29 is 18.0 Å². The van der Waals surface area contributed by atoms with Crippen molar-refractivity contribution in [2.24, 2.45) is 0 Å². The van der Waals surface area contributed by atoms with Gasteiger partial charge in [-0.1, -0.05) is 30.3 Å². The molecule has 2 aromatic rings. The number of alkyl halides is 3. The van der Waals surface area contributed by atoms with E-state index in [-0.39, 0.29) is 11.6 Å². The maximum absolute atomic E-state index is 13.1. The van der Waals surface area contributed by atoms with Crippen molar-refractivity contribution in [3.8, 4) is 0 Å². The first-order valence-corrected chi connectivity index (χ1v) is 8.84. The van der Waals surface area contributed by atoms with Gasteiger partial charge >= 0.3 is 6.18 Å². The van der Waals surface area contributed by atoms with Crippen molar-refractivity contribution in [1.29, 1.82) is 0 Å². The minimum absolute atomic E-state index is 0.0631. The number of hydrogen-bond donors (Lipinski definition) is 1. The molecule has 1 amide bonds. The molecule has 0 radical (unpaired) electrons. The standard InChI is InChI=1S/C19H20F3N3O2/c20-19(21,22)15-11-16(14-8-9-14)24-25(18(15)27)12-17(26)23-10-4-7-13-5-2-1-3-6-13/h1-3,5-6,11,14H,4,7-10,12H2,(H,23,26). The second-order valence-corrected chi connectivity index (χ2v) is 6.66. The van der Waals surface area contributed by atoms with Crippen LogP contribution < -0.4 is 10.9 Å². The number of benzene rings is 1. The summed E-state index contributed by atoms with van der Waals surface area (Å²) in [7, 11) is 0. The molecule has 8 heteroatoms. The third kappa shape index (κ3) is 5.18. The predicted molar refractivity (Wildman–Crippen MR) is 93.2 cm³/mol. The first-order valence-electron chi connectivity index (χ1n) is 8.84. The Labute approximate surface area is 154 Å². The average molecular weight is 379 g/mol. The van der Waals surface area contributed by atoms with E-state index in [9.17, 15) is 22.8 Å². The van der Waals surface area contributed by atoms with E-state index >= 15 is 0 Å². The molecule has 0 unspecified atom stereocenters. The van der Waals surface area contributed by atoms with Crippen molar-refractivity contribution in [2.45, 2.75) is 44.3 Å². The summed E-state index contributed by atoms with van der Waals surface area (Å²) >= 11 is 0. The maximum atomic E-state index is 13.1. The van der Waals surface area contributed by atoms with Crippen LogP contribution in [0.4, 0.5) is 13.2 Å². The zero-order valence-corrected chi connectivity index (χ0v) is 14.6. The maximum Gasteiger partial charge on any atom is 0.421 e. The Kier molecular flexibility index (Phi) is 5.62. The van der Waals surface area contributed by atoms with Crippen LogP contribution in [-0.2, 0) is 23.9 Å². The number of amides is 1. The predicted octanol–water partition coefficient (Wildman–Crippen LogP) is 2.89. The van der Waals surface area contributed by atoms with Gasteiger partial charge in [-0.15, -0.1) is 0 Å². The van der Waals surface area contributed by atoms with Crippen molar-refractivity contribution in [3.63, 3.8) is 0 Å². The van der Waals surface area contributed by atoms with E-state index in [1.54, 1.807) is 0 Å². The summed E-state index contributed by atoms with van der Waals surface area (Å²) < 4.78 is 39.9. The Morgan fingerprint density at radius 1 is 1.22 bits per heavy atom. The highest BCUT2D eigenvalue weighted by molar-refractivity contribution is 5.75. The second kappa shape index (κ2) is 7.94. The van der Waals surface area contributed by atoms with E-state index in [4.69, 9.17) is 0 Å². The molecule has 1 aromatic carbocycles. The summed E-state index contributed by atoms with van der Waals surface area (Å²) in [4.78, 5) is 24.1. The Morgan fingerprint density at radius 2 is 1.93 bits per heavy atom. The van der Waals surface area contributed by atoms with Crippen LogP contribution in [0.2, 0.25) is 0 Å². The first kappa shape index (κ1) is 19.1. The van der Waals surface area contributed by atoms with Gasteiger partial charge in [-0.05, 0) is 37.3 Å². The molecule has 1 aliphatic carbocycles. The topological polar surface area (TPSA) is 64.0 Å². The van der Waals surface area contributed by atoms with Gasteiger partial charge in [-0.2, -0.15) is 18.3 Å². The van der Waals surface area contributed by atoms with Gasteiger partial charge in [0.05, 0.1) is 5.69 Å². The minimum atomic E-state index is -4.77. The summed E-state index contributed by atoms with van der Waals surface area (Å²) in [6.45, 7) is -0.148. The lowest BCUT2D eigenvalue weighted by atomic mass is 10.1. The smallest absolute Gasteiger partial charge is 0.354 e. The van der Waals surface area contributed by atoms with E-state index < -0.39 is 29.8 Å². The third-order valence-corrected chi connectivity index (χ3v) is 4.39. The molecule has 27 heavy (non-hydrogen) atoms. The monoisotopic (exact) mass is 379 g/mol. The SMILES string of the molecule is O=C(Cn1nc(C2CC2)cc(C(F)(F)F)c1=O)NCCCc1ccccc1. The Balaban J connectivity index is 1.61. The summed E-state index contributed by atoms with van der Waals surface area (Å²) in [6, 6.07) is 10.5. The number of nitrogens with zero attached hydrogens (tertiary/aromatic N) is 2. The van der Waals surface area contributed by atoms with Gasteiger partial charge in [0.1, 0.15) is 12.1 Å². The molecule has 5 nitrogen and oxygen atoms in total. The molecule has 1 aliphatic rings.